The number of aromatic nitrogens is 1. The Balaban J connectivity index is 1.77. The molecule has 0 spiro atoms. The number of benzene rings is 1. The van der Waals surface area contributed by atoms with Crippen molar-refractivity contribution in [1.29, 1.82) is 0 Å². The van der Waals surface area contributed by atoms with Gasteiger partial charge in [0.15, 0.2) is 18.2 Å². The molecule has 2 aromatic rings. The molecule has 2 aliphatic carbocycles. The fourth-order valence-electron chi connectivity index (χ4n) is 6.89. The average molecular weight is 670 g/mol. The summed E-state index contributed by atoms with van der Waals surface area (Å²) in [6, 6.07) is 3.96. The van der Waals surface area contributed by atoms with Crippen LogP contribution in [0, 0.1) is 5.41 Å². The zero-order chi connectivity index (χ0) is 33.3. The molecule has 0 bridgehead atoms. The van der Waals surface area contributed by atoms with Gasteiger partial charge in [-0.25, -0.2) is 0 Å². The summed E-state index contributed by atoms with van der Waals surface area (Å²) in [5.74, 6) is 0.0352. The molecule has 252 valence electrons. The maximum Gasteiger partial charge on any atom is 0.192 e. The van der Waals surface area contributed by atoms with Gasteiger partial charge in [0.05, 0.1) is 22.9 Å². The SMILES string of the molecule is CC1(C)Cc2nc(C3CCOCC3)c(C(O)c3ccc(S(C)(F)(F)(F)F)cc3)c(C3=CCCC3)c2C(O[Si](C)(C)C(C)(C)C)C1. The van der Waals surface area contributed by atoms with Crippen LogP contribution in [0.3, 0.4) is 0 Å². The van der Waals surface area contributed by atoms with E-state index in [1.54, 1.807) is 0 Å². The van der Waals surface area contributed by atoms with Gasteiger partial charge in [-0.1, -0.05) is 52.8 Å². The molecule has 1 fully saturated rings. The highest BCUT2D eigenvalue weighted by molar-refractivity contribution is 8.49. The van der Waals surface area contributed by atoms with Gasteiger partial charge >= 0.3 is 0 Å². The lowest BCUT2D eigenvalue weighted by Gasteiger charge is -2.46. The summed E-state index contributed by atoms with van der Waals surface area (Å²) in [7, 11) is -10.6. The largest absolute Gasteiger partial charge is 0.410 e. The Bertz CT molecular complexity index is 1480. The van der Waals surface area contributed by atoms with Gasteiger partial charge < -0.3 is 14.3 Å². The van der Waals surface area contributed by atoms with Crippen LogP contribution in [-0.2, 0) is 15.6 Å². The molecule has 45 heavy (non-hydrogen) atoms. The minimum Gasteiger partial charge on any atom is -0.410 e. The molecule has 3 aliphatic rings. The number of ether oxygens (including phenoxy) is 1. The Hall–Kier alpha value is -1.72. The number of allylic oxidation sites excluding steroid dienone is 2. The molecule has 4 nitrogen and oxygen atoms in total. The van der Waals surface area contributed by atoms with Gasteiger partial charge in [-0.2, -0.15) is 0 Å². The molecular weight excluding hydrogens is 619 g/mol. The first-order chi connectivity index (χ1) is 20.5. The van der Waals surface area contributed by atoms with Crippen LogP contribution in [0.15, 0.2) is 35.2 Å². The zero-order valence-corrected chi connectivity index (χ0v) is 29.9. The highest BCUT2D eigenvalue weighted by atomic mass is 32.5. The molecule has 1 N–H and O–H groups in total. The number of fused-ring (bicyclic) bond motifs is 1. The molecule has 0 radical (unpaired) electrons. The van der Waals surface area contributed by atoms with Crippen LogP contribution in [0.25, 0.3) is 5.57 Å². The number of aliphatic hydroxyl groups excluding tert-OH is 1. The molecule has 1 saturated heterocycles. The second kappa shape index (κ2) is 10.9. The van der Waals surface area contributed by atoms with E-state index in [0.717, 1.165) is 85.2 Å². The molecule has 1 aromatic carbocycles. The van der Waals surface area contributed by atoms with Crippen LogP contribution in [0.5, 0.6) is 0 Å². The van der Waals surface area contributed by atoms with E-state index in [1.165, 1.54) is 12.1 Å². The molecule has 2 atom stereocenters. The lowest BCUT2D eigenvalue weighted by atomic mass is 9.71. The van der Waals surface area contributed by atoms with Crippen LogP contribution in [0.2, 0.25) is 18.1 Å². The van der Waals surface area contributed by atoms with Crippen molar-refractivity contribution in [3.05, 3.63) is 64.0 Å². The monoisotopic (exact) mass is 669 g/mol. The van der Waals surface area contributed by atoms with Gasteiger partial charge in [0.2, 0.25) is 0 Å². The van der Waals surface area contributed by atoms with Crippen molar-refractivity contribution in [3.8, 4) is 0 Å². The molecule has 2 heterocycles. The third-order valence-electron chi connectivity index (χ3n) is 10.4. The molecule has 0 amide bonds. The number of halogens is 4. The van der Waals surface area contributed by atoms with Crippen molar-refractivity contribution < 1.29 is 29.8 Å². The number of rotatable bonds is 7. The van der Waals surface area contributed by atoms with Crippen molar-refractivity contribution in [2.24, 2.45) is 5.41 Å². The summed E-state index contributed by atoms with van der Waals surface area (Å²) < 4.78 is 69.9. The van der Waals surface area contributed by atoms with Gasteiger partial charge in [-0.3, -0.25) is 4.98 Å². The molecule has 10 heteroatoms. The zero-order valence-electron chi connectivity index (χ0n) is 28.1. The van der Waals surface area contributed by atoms with E-state index < -0.39 is 29.2 Å². The molecule has 1 aromatic heterocycles. The van der Waals surface area contributed by atoms with Crippen LogP contribution in [-0.4, -0.2) is 37.9 Å². The van der Waals surface area contributed by atoms with Crippen molar-refractivity contribution in [3.63, 3.8) is 0 Å². The van der Waals surface area contributed by atoms with Crippen molar-refractivity contribution in [1.82, 2.24) is 4.98 Å². The van der Waals surface area contributed by atoms with Gasteiger partial charge in [0.1, 0.15) is 6.10 Å². The van der Waals surface area contributed by atoms with Crippen molar-refractivity contribution >= 4 is 23.7 Å². The first-order valence-electron chi connectivity index (χ1n) is 16.3. The van der Waals surface area contributed by atoms with Crippen LogP contribution in [0.1, 0.15) is 125 Å². The fraction of sp³-hybridized carbons (Fsp3) is 0.629. The van der Waals surface area contributed by atoms with E-state index in [2.05, 4.69) is 53.8 Å². The number of hydrogen-bond donors (Lipinski definition) is 1. The van der Waals surface area contributed by atoms with Gasteiger partial charge in [-0.15, -0.1) is 15.5 Å². The normalized spacial score (nSPS) is 23.6. The molecular formula is C35H51F4NO3SSi. The fourth-order valence-corrected chi connectivity index (χ4v) is 8.97. The average Bonchev–Trinajstić information content (AvgIpc) is 3.44. The van der Waals surface area contributed by atoms with E-state index in [0.29, 0.717) is 18.8 Å². The van der Waals surface area contributed by atoms with Crippen LogP contribution in [0.4, 0.5) is 15.5 Å². The lowest BCUT2D eigenvalue weighted by Crippen LogP contribution is -2.44. The number of pyridine rings is 1. The number of aliphatic hydroxyl groups is 1. The van der Waals surface area contributed by atoms with Gasteiger partial charge in [0, 0.05) is 36.0 Å². The first-order valence-corrected chi connectivity index (χ1v) is 21.6. The summed E-state index contributed by atoms with van der Waals surface area (Å²) in [5.41, 5.74) is 5.84. The Labute approximate surface area is 267 Å². The van der Waals surface area contributed by atoms with Crippen LogP contribution >= 0.6 is 9.84 Å². The molecule has 2 unspecified atom stereocenters. The summed E-state index contributed by atoms with van der Waals surface area (Å²) in [6.07, 6.45) is 6.32. The van der Waals surface area contributed by atoms with Crippen molar-refractivity contribution in [2.75, 3.05) is 19.5 Å². The Kier molecular flexibility index (Phi) is 8.39. The summed E-state index contributed by atoms with van der Waals surface area (Å²) in [4.78, 5) is 4.09. The van der Waals surface area contributed by atoms with Gasteiger partial charge in [-0.05, 0) is 97.3 Å². The number of nitrogens with zero attached hydrogens (tertiary/aromatic N) is 1. The van der Waals surface area contributed by atoms with E-state index in [-0.39, 0.29) is 34.3 Å². The van der Waals surface area contributed by atoms with E-state index in [9.17, 15) is 20.6 Å². The highest BCUT2D eigenvalue weighted by Crippen LogP contribution is 2.98. The van der Waals surface area contributed by atoms with E-state index >= 15 is 0 Å². The molecule has 1 aliphatic heterocycles. The lowest BCUT2D eigenvalue weighted by molar-refractivity contribution is 0.0828. The standard InChI is InChI=1S/C35H51F4NO3SSi/c1-34(2,3)45(7,8)43-28-22-35(4,5)21-27-30(28)29(23-11-9-10-12-23)31(32(40-27)24-17-19-42-20-18-24)33(41)25-13-15-26(16-14-25)44(6,36,37,38)39/h11,13-16,24,28,33,41H,9-10,12,17-22H2,1-8H3. The van der Waals surface area contributed by atoms with Gasteiger partial charge in [0.25, 0.3) is 0 Å². The van der Waals surface area contributed by atoms with E-state index in [1.807, 2.05) is 0 Å². The maximum absolute atomic E-state index is 14.3. The maximum atomic E-state index is 14.3. The molecule has 0 saturated carbocycles. The minimum atomic E-state index is -8.37. The Morgan fingerprint density at radius 3 is 2.22 bits per heavy atom. The van der Waals surface area contributed by atoms with E-state index in [4.69, 9.17) is 14.1 Å². The first kappa shape index (κ1) is 34.6. The highest BCUT2D eigenvalue weighted by Gasteiger charge is 2.59. The predicted octanol–water partition coefficient (Wildman–Crippen LogP) is 11.1. The molecule has 5 rings (SSSR count). The second-order valence-electron chi connectivity index (χ2n) is 16.0. The predicted molar refractivity (Wildman–Crippen MR) is 179 cm³/mol. The summed E-state index contributed by atoms with van der Waals surface area (Å²) >= 11 is 0. The summed E-state index contributed by atoms with van der Waals surface area (Å²) in [6.45, 7) is 16.9. The minimum absolute atomic E-state index is 0.0210. The smallest absolute Gasteiger partial charge is 0.192 e. The van der Waals surface area contributed by atoms with Crippen LogP contribution < -0.4 is 0 Å². The van der Waals surface area contributed by atoms with Crippen molar-refractivity contribution in [2.45, 2.75) is 121 Å². The Morgan fingerprint density at radius 1 is 1.07 bits per heavy atom. The third-order valence-corrected chi connectivity index (χ3v) is 16.3. The summed E-state index contributed by atoms with van der Waals surface area (Å²) in [5, 5.41) is 12.2. The number of hydrogen-bond acceptors (Lipinski definition) is 4. The third kappa shape index (κ3) is 7.25. The Morgan fingerprint density at radius 2 is 1.69 bits per heavy atom. The quantitative estimate of drug-likeness (QED) is 0.235. The second-order valence-corrected chi connectivity index (χ2v) is 24.2. The topological polar surface area (TPSA) is 51.6 Å².